The fraction of sp³-hybridized carbons (Fsp3) is 0.455. The van der Waals surface area contributed by atoms with Crippen LogP contribution in [0.2, 0.25) is 5.02 Å². The van der Waals surface area contributed by atoms with Gasteiger partial charge in [-0.3, -0.25) is 0 Å². The van der Waals surface area contributed by atoms with E-state index in [1.165, 1.54) is 5.56 Å². The summed E-state index contributed by atoms with van der Waals surface area (Å²) in [5, 5.41) is 4.11. The summed E-state index contributed by atoms with van der Waals surface area (Å²) in [6.45, 7) is 4.49. The molecule has 0 unspecified atom stereocenters. The number of nitrogens with one attached hydrogen (secondary N) is 1. The molecular weight excluding hydrogens is 198 g/mol. The number of ether oxygens (including phenoxy) is 1. The number of benzene rings is 1. The van der Waals surface area contributed by atoms with Crippen LogP contribution in [0.1, 0.15) is 11.1 Å². The summed E-state index contributed by atoms with van der Waals surface area (Å²) in [6.07, 6.45) is 0. The van der Waals surface area contributed by atoms with Crippen LogP contribution < -0.4 is 5.32 Å². The molecule has 0 saturated heterocycles. The lowest BCUT2D eigenvalue weighted by Crippen LogP contribution is -2.18. The molecule has 0 aromatic heterocycles. The average molecular weight is 214 g/mol. The Kier molecular flexibility index (Phi) is 4.94. The lowest BCUT2D eigenvalue weighted by Gasteiger charge is -2.05. The van der Waals surface area contributed by atoms with Gasteiger partial charge in [-0.25, -0.2) is 0 Å². The summed E-state index contributed by atoms with van der Waals surface area (Å²) < 4.78 is 4.94. The number of aryl methyl sites for hydroxylation is 1. The van der Waals surface area contributed by atoms with E-state index in [1.54, 1.807) is 7.11 Å². The van der Waals surface area contributed by atoms with E-state index >= 15 is 0 Å². The Morgan fingerprint density at radius 3 is 2.86 bits per heavy atom. The molecule has 1 aromatic carbocycles. The third-order valence-corrected chi connectivity index (χ3v) is 2.46. The molecule has 0 aliphatic heterocycles. The molecule has 0 atom stereocenters. The highest BCUT2D eigenvalue weighted by Crippen LogP contribution is 2.15. The number of rotatable bonds is 5. The summed E-state index contributed by atoms with van der Waals surface area (Å²) >= 11 is 5.92. The largest absolute Gasteiger partial charge is 0.383 e. The molecule has 0 fully saturated rings. The van der Waals surface area contributed by atoms with Gasteiger partial charge in [0.25, 0.3) is 0 Å². The Balaban J connectivity index is 2.39. The summed E-state index contributed by atoms with van der Waals surface area (Å²) in [7, 11) is 1.70. The molecule has 0 amide bonds. The maximum absolute atomic E-state index is 5.92. The fourth-order valence-corrected chi connectivity index (χ4v) is 1.34. The highest BCUT2D eigenvalue weighted by atomic mass is 35.5. The molecule has 0 heterocycles. The van der Waals surface area contributed by atoms with E-state index in [9.17, 15) is 0 Å². The fourth-order valence-electron chi connectivity index (χ4n) is 1.22. The minimum absolute atomic E-state index is 0.743. The van der Waals surface area contributed by atoms with Crippen molar-refractivity contribution in [1.29, 1.82) is 0 Å². The SMILES string of the molecule is COCCNCc1ccc(Cl)c(C)c1. The van der Waals surface area contributed by atoms with Gasteiger partial charge in [-0.2, -0.15) is 0 Å². The van der Waals surface area contributed by atoms with Gasteiger partial charge in [-0.05, 0) is 24.1 Å². The molecule has 3 heteroatoms. The first-order valence-electron chi connectivity index (χ1n) is 4.68. The Morgan fingerprint density at radius 2 is 2.21 bits per heavy atom. The van der Waals surface area contributed by atoms with E-state index in [1.807, 2.05) is 19.1 Å². The molecule has 0 bridgehead atoms. The average Bonchev–Trinajstić information content (AvgIpc) is 2.18. The molecule has 0 saturated carbocycles. The normalized spacial score (nSPS) is 10.5. The van der Waals surface area contributed by atoms with Crippen molar-refractivity contribution in [3.8, 4) is 0 Å². The molecule has 0 spiro atoms. The van der Waals surface area contributed by atoms with Crippen LogP contribution >= 0.6 is 11.6 Å². The van der Waals surface area contributed by atoms with E-state index in [0.717, 1.165) is 30.3 Å². The Labute approximate surface area is 90.2 Å². The smallest absolute Gasteiger partial charge is 0.0587 e. The quantitative estimate of drug-likeness (QED) is 0.759. The number of hydrogen-bond acceptors (Lipinski definition) is 2. The number of halogens is 1. The van der Waals surface area contributed by atoms with Crippen LogP contribution in [-0.2, 0) is 11.3 Å². The minimum atomic E-state index is 0.743. The second-order valence-electron chi connectivity index (χ2n) is 3.25. The van der Waals surface area contributed by atoms with Gasteiger partial charge in [0, 0.05) is 25.2 Å². The highest BCUT2D eigenvalue weighted by Gasteiger charge is 1.96. The third kappa shape index (κ3) is 3.66. The van der Waals surface area contributed by atoms with Crippen molar-refractivity contribution in [2.45, 2.75) is 13.5 Å². The van der Waals surface area contributed by atoms with Crippen LogP contribution in [-0.4, -0.2) is 20.3 Å². The molecule has 1 N–H and O–H groups in total. The van der Waals surface area contributed by atoms with Crippen molar-refractivity contribution >= 4 is 11.6 Å². The Bertz CT molecular complexity index is 289. The highest BCUT2D eigenvalue weighted by molar-refractivity contribution is 6.31. The van der Waals surface area contributed by atoms with Crippen molar-refractivity contribution < 1.29 is 4.74 Å². The monoisotopic (exact) mass is 213 g/mol. The van der Waals surface area contributed by atoms with Gasteiger partial charge in [0.1, 0.15) is 0 Å². The van der Waals surface area contributed by atoms with Gasteiger partial charge >= 0.3 is 0 Å². The van der Waals surface area contributed by atoms with Gasteiger partial charge in [-0.1, -0.05) is 23.7 Å². The maximum atomic E-state index is 5.92. The van der Waals surface area contributed by atoms with E-state index in [-0.39, 0.29) is 0 Å². The van der Waals surface area contributed by atoms with E-state index in [4.69, 9.17) is 16.3 Å². The van der Waals surface area contributed by atoms with E-state index < -0.39 is 0 Å². The van der Waals surface area contributed by atoms with Crippen LogP contribution in [0.3, 0.4) is 0 Å². The summed E-state index contributed by atoms with van der Waals surface area (Å²) in [6, 6.07) is 6.07. The lowest BCUT2D eigenvalue weighted by molar-refractivity contribution is 0.199. The maximum Gasteiger partial charge on any atom is 0.0587 e. The second kappa shape index (κ2) is 6.02. The predicted molar refractivity (Wildman–Crippen MR) is 59.8 cm³/mol. The van der Waals surface area contributed by atoms with Gasteiger partial charge in [0.05, 0.1) is 6.61 Å². The van der Waals surface area contributed by atoms with Crippen molar-refractivity contribution in [3.63, 3.8) is 0 Å². The Hall–Kier alpha value is -0.570. The van der Waals surface area contributed by atoms with Crippen LogP contribution in [0.25, 0.3) is 0 Å². The molecular formula is C11H16ClNO. The lowest BCUT2D eigenvalue weighted by atomic mass is 10.1. The van der Waals surface area contributed by atoms with Crippen LogP contribution in [0, 0.1) is 6.92 Å². The minimum Gasteiger partial charge on any atom is -0.383 e. The van der Waals surface area contributed by atoms with Crippen LogP contribution in [0.4, 0.5) is 0 Å². The molecule has 0 aliphatic rings. The standard InChI is InChI=1S/C11H16ClNO/c1-9-7-10(3-4-11(9)12)8-13-5-6-14-2/h3-4,7,13H,5-6,8H2,1-2H3. The topological polar surface area (TPSA) is 21.3 Å². The molecule has 2 nitrogen and oxygen atoms in total. The molecule has 78 valence electrons. The number of hydrogen-bond donors (Lipinski definition) is 1. The van der Waals surface area contributed by atoms with Crippen molar-refractivity contribution in [2.75, 3.05) is 20.3 Å². The molecule has 0 aliphatic carbocycles. The summed E-state index contributed by atoms with van der Waals surface area (Å²) in [5.41, 5.74) is 2.38. The van der Waals surface area contributed by atoms with Crippen molar-refractivity contribution in [3.05, 3.63) is 34.3 Å². The first-order chi connectivity index (χ1) is 6.74. The van der Waals surface area contributed by atoms with Crippen molar-refractivity contribution in [1.82, 2.24) is 5.32 Å². The number of methoxy groups -OCH3 is 1. The van der Waals surface area contributed by atoms with Gasteiger partial charge in [0.2, 0.25) is 0 Å². The second-order valence-corrected chi connectivity index (χ2v) is 3.66. The Morgan fingerprint density at radius 1 is 1.43 bits per heavy atom. The zero-order chi connectivity index (χ0) is 10.4. The van der Waals surface area contributed by atoms with Crippen molar-refractivity contribution in [2.24, 2.45) is 0 Å². The van der Waals surface area contributed by atoms with Gasteiger partial charge in [0.15, 0.2) is 0 Å². The molecule has 0 radical (unpaired) electrons. The predicted octanol–water partition coefficient (Wildman–Crippen LogP) is 2.38. The molecule has 14 heavy (non-hydrogen) atoms. The van der Waals surface area contributed by atoms with Gasteiger partial charge < -0.3 is 10.1 Å². The first-order valence-corrected chi connectivity index (χ1v) is 5.06. The zero-order valence-corrected chi connectivity index (χ0v) is 9.40. The first kappa shape index (κ1) is 11.5. The molecule has 1 aromatic rings. The van der Waals surface area contributed by atoms with Crippen LogP contribution in [0.5, 0.6) is 0 Å². The molecule has 1 rings (SSSR count). The van der Waals surface area contributed by atoms with E-state index in [0.29, 0.717) is 0 Å². The van der Waals surface area contributed by atoms with Crippen LogP contribution in [0.15, 0.2) is 18.2 Å². The third-order valence-electron chi connectivity index (χ3n) is 2.03. The summed E-state index contributed by atoms with van der Waals surface area (Å²) in [5.74, 6) is 0. The zero-order valence-electron chi connectivity index (χ0n) is 8.64. The van der Waals surface area contributed by atoms with Gasteiger partial charge in [-0.15, -0.1) is 0 Å². The summed E-state index contributed by atoms with van der Waals surface area (Å²) in [4.78, 5) is 0. The van der Waals surface area contributed by atoms with E-state index in [2.05, 4.69) is 11.4 Å².